The summed E-state index contributed by atoms with van der Waals surface area (Å²) in [5.74, 6) is 3.80. The lowest BCUT2D eigenvalue weighted by molar-refractivity contribution is -0.123. The van der Waals surface area contributed by atoms with Gasteiger partial charge < -0.3 is 37.6 Å². The number of fused-ring (bicyclic) bond motifs is 2. The van der Waals surface area contributed by atoms with E-state index < -0.39 is 5.91 Å². The van der Waals surface area contributed by atoms with Crippen LogP contribution < -0.4 is 0 Å². The Morgan fingerprint density at radius 2 is 0.847 bits per heavy atom. The van der Waals surface area contributed by atoms with Crippen LogP contribution in [0.5, 0.6) is 5.88 Å². The van der Waals surface area contributed by atoms with Crippen LogP contribution in [-0.2, 0) is 9.59 Å². The van der Waals surface area contributed by atoms with Crippen LogP contribution in [0.1, 0.15) is 86.1 Å². The van der Waals surface area contributed by atoms with Gasteiger partial charge in [0.1, 0.15) is 40.1 Å². The fourth-order valence-corrected chi connectivity index (χ4v) is 13.9. The highest BCUT2D eigenvalue weighted by atomic mass is 32.1. The maximum atomic E-state index is 13.5. The second-order valence-electron chi connectivity index (χ2n) is 18.6. The number of amides is 3. The van der Waals surface area contributed by atoms with E-state index in [1.165, 1.54) is 29.3 Å². The van der Waals surface area contributed by atoms with E-state index in [-0.39, 0.29) is 17.7 Å². The number of likely N-dealkylation sites (N-methyl/N-ethyl adjacent to an activating group) is 2. The van der Waals surface area contributed by atoms with Crippen molar-refractivity contribution >= 4 is 80.2 Å². The number of aryl methyl sites for hydroxylation is 10. The molecule has 2 N–H and O–H groups in total. The molecule has 0 bridgehead atoms. The molecule has 12 nitrogen and oxygen atoms in total. The van der Waals surface area contributed by atoms with Gasteiger partial charge in [-0.15, -0.1) is 45.3 Å². The third-order valence-corrected chi connectivity index (χ3v) is 17.8. The molecule has 9 aromatic heterocycles. The van der Waals surface area contributed by atoms with Gasteiger partial charge in [0.15, 0.2) is 28.9 Å². The molecule has 12 rings (SSSR count). The molecule has 16 heteroatoms. The lowest BCUT2D eigenvalue weighted by atomic mass is 10.0. The Kier molecular flexibility index (Phi) is 11.3. The molecule has 0 atom stereocenters. The molecule has 0 saturated carbocycles. The zero-order chi connectivity index (χ0) is 50.9. The number of aromatic amines is 1. The van der Waals surface area contributed by atoms with Crippen molar-refractivity contribution < 1.29 is 37.2 Å². The number of carbonyl (C=O) groups excluding carboxylic acids is 3. The Balaban J connectivity index is 0.000000156. The summed E-state index contributed by atoms with van der Waals surface area (Å²) in [7, 11) is 3.35. The molecule has 364 valence electrons. The van der Waals surface area contributed by atoms with Crippen LogP contribution in [0, 0.1) is 69.2 Å². The number of hydrogen-bond donors (Lipinski definition) is 2. The first-order valence-corrected chi connectivity index (χ1v) is 26.4. The van der Waals surface area contributed by atoms with Crippen LogP contribution >= 0.6 is 45.3 Å². The summed E-state index contributed by atoms with van der Waals surface area (Å²) in [6, 6.07) is 19.9. The number of nitrogens with one attached hydrogen (secondary N) is 1. The number of furan rings is 4. The average Bonchev–Trinajstić information content (AvgIpc) is 4.16. The molecule has 9 aromatic rings. The van der Waals surface area contributed by atoms with E-state index in [1.807, 2.05) is 71.0 Å². The Hall–Kier alpha value is -7.24. The molecule has 0 saturated heterocycles. The predicted octanol–water partition coefficient (Wildman–Crippen LogP) is 14.5. The molecule has 0 aromatic carbocycles. The molecule has 72 heavy (non-hydrogen) atoms. The van der Waals surface area contributed by atoms with Gasteiger partial charge in [0, 0.05) is 33.6 Å². The zero-order valence-electron chi connectivity index (χ0n) is 41.6. The molecule has 3 amide bonds. The van der Waals surface area contributed by atoms with Crippen LogP contribution in [0.25, 0.3) is 65.4 Å². The van der Waals surface area contributed by atoms with E-state index in [1.54, 1.807) is 59.4 Å². The van der Waals surface area contributed by atoms with Crippen molar-refractivity contribution in [3.05, 3.63) is 153 Å². The monoisotopic (exact) mass is 1030 g/mol. The molecule has 0 aliphatic carbocycles. The molecule has 12 heterocycles. The number of thiophene rings is 4. The maximum Gasteiger partial charge on any atom is 0.280 e. The lowest BCUT2D eigenvalue weighted by Gasteiger charge is -2.17. The summed E-state index contributed by atoms with van der Waals surface area (Å²) in [5, 5.41) is 10.9. The van der Waals surface area contributed by atoms with Gasteiger partial charge in [0.2, 0.25) is 0 Å². The molecule has 3 aliphatic rings. The quantitative estimate of drug-likeness (QED) is 0.152. The number of rotatable bonds is 8. The van der Waals surface area contributed by atoms with Gasteiger partial charge in [0.25, 0.3) is 17.7 Å². The second-order valence-corrected chi connectivity index (χ2v) is 23.6. The number of aromatic nitrogens is 1. The minimum absolute atomic E-state index is 0.134. The molecular formula is C56H48N4O8S4. The minimum Gasteiger partial charge on any atom is -0.494 e. The number of aliphatic imine (C=N–C) groups is 1. The summed E-state index contributed by atoms with van der Waals surface area (Å²) in [4.78, 5) is 59.4. The van der Waals surface area contributed by atoms with E-state index >= 15 is 0 Å². The van der Waals surface area contributed by atoms with Crippen molar-refractivity contribution in [2.75, 3.05) is 14.1 Å². The number of carbonyl (C=O) groups is 3. The van der Waals surface area contributed by atoms with Gasteiger partial charge in [-0.3, -0.25) is 14.4 Å². The largest absolute Gasteiger partial charge is 0.494 e. The first-order chi connectivity index (χ1) is 34.3. The summed E-state index contributed by atoms with van der Waals surface area (Å²) >= 11 is 6.64. The second kappa shape index (κ2) is 17.2. The summed E-state index contributed by atoms with van der Waals surface area (Å²) in [6.45, 7) is 20.3. The number of H-pyrrole nitrogens is 1. The van der Waals surface area contributed by atoms with Crippen molar-refractivity contribution in [1.29, 1.82) is 0 Å². The number of nitrogens with zero attached hydrogens (tertiary/aromatic N) is 3. The van der Waals surface area contributed by atoms with Crippen LogP contribution in [0.4, 0.5) is 0 Å². The SMILES string of the molecule is Cc1cc(C)c(-c2cc(C)c(C3=NC(=O)c4c(-c5oc(-c6sc(C)cc6C)cc5C)[nH]c(O)c43)o2)s1.Cc1cc(C)c(-c2ccc(C3=C4C(=O)N(C)C(c5ccc(-c6sc(C)cc6C)o5)=C4C(=O)N3C)o2)s1. The maximum absolute atomic E-state index is 13.5. The first-order valence-electron chi connectivity index (χ1n) is 23.1. The standard InChI is InChI=1S/2C28H24N2O4S2/c1-11-9-17(25-13(3)7-15(5)35-25)33-23(11)21-19-20(28(32)29-21)22(30-27(19)31)24-12(2)10-18(34-24)26-14(4)8-16(6)36-26;1-13-11-15(3)35-25(13)19-9-7-17(33-19)23-21-22(28(32)29(23)5)24(30(6)27(21)31)18-8-10-20(34-18)26-14(2)12-16(4)36-26/h7-10,29,32H,1-6H3;7-12H,1-6H3. The van der Waals surface area contributed by atoms with Gasteiger partial charge in [-0.1, -0.05) is 0 Å². The van der Waals surface area contributed by atoms with E-state index in [4.69, 9.17) is 17.7 Å². The molecule has 0 spiro atoms. The topological polar surface area (TPSA) is 159 Å². The minimum atomic E-state index is -0.437. The van der Waals surface area contributed by atoms with Crippen molar-refractivity contribution in [3.63, 3.8) is 0 Å². The van der Waals surface area contributed by atoms with Gasteiger partial charge in [-0.05, 0) is 163 Å². The average molecular weight is 1030 g/mol. The van der Waals surface area contributed by atoms with Crippen LogP contribution in [0.2, 0.25) is 0 Å². The van der Waals surface area contributed by atoms with Crippen molar-refractivity contribution in [3.8, 4) is 59.9 Å². The first kappa shape index (κ1) is 47.1. The molecule has 0 unspecified atom stereocenters. The molecule has 3 aliphatic heterocycles. The smallest absolute Gasteiger partial charge is 0.280 e. The molecule has 0 fully saturated rings. The van der Waals surface area contributed by atoms with Crippen molar-refractivity contribution in [2.45, 2.75) is 69.2 Å². The number of hydrogen-bond acceptors (Lipinski definition) is 12. The highest BCUT2D eigenvalue weighted by molar-refractivity contribution is 7.16. The lowest BCUT2D eigenvalue weighted by Crippen LogP contribution is -2.25. The van der Waals surface area contributed by atoms with Gasteiger partial charge in [-0.25, -0.2) is 4.99 Å². The Morgan fingerprint density at radius 1 is 0.472 bits per heavy atom. The third kappa shape index (κ3) is 7.49. The van der Waals surface area contributed by atoms with E-state index in [0.29, 0.717) is 68.1 Å². The fraction of sp³-hybridized carbons (Fsp3) is 0.214. The summed E-state index contributed by atoms with van der Waals surface area (Å²) in [5.41, 5.74) is 9.31. The van der Waals surface area contributed by atoms with Gasteiger partial charge >= 0.3 is 0 Å². The normalized spacial score (nSPS) is 14.4. The van der Waals surface area contributed by atoms with Crippen LogP contribution in [0.15, 0.2) is 94.5 Å². The van der Waals surface area contributed by atoms with Crippen LogP contribution in [0.3, 0.4) is 0 Å². The highest BCUT2D eigenvalue weighted by Gasteiger charge is 2.48. The summed E-state index contributed by atoms with van der Waals surface area (Å²) < 4.78 is 24.9. The van der Waals surface area contributed by atoms with E-state index in [0.717, 1.165) is 75.9 Å². The van der Waals surface area contributed by atoms with Gasteiger partial charge in [-0.2, -0.15) is 0 Å². The summed E-state index contributed by atoms with van der Waals surface area (Å²) in [6.07, 6.45) is 0. The van der Waals surface area contributed by atoms with E-state index in [2.05, 4.69) is 68.9 Å². The van der Waals surface area contributed by atoms with Crippen molar-refractivity contribution in [1.82, 2.24) is 14.8 Å². The Morgan fingerprint density at radius 3 is 1.25 bits per heavy atom. The van der Waals surface area contributed by atoms with Gasteiger partial charge in [0.05, 0.1) is 47.5 Å². The Labute approximate surface area is 430 Å². The molecule has 0 radical (unpaired) electrons. The van der Waals surface area contributed by atoms with Crippen LogP contribution in [-0.4, -0.2) is 57.4 Å². The molecular weight excluding hydrogens is 985 g/mol. The highest BCUT2D eigenvalue weighted by Crippen LogP contribution is 2.49. The fourth-order valence-electron chi connectivity index (χ4n) is 9.97. The predicted molar refractivity (Wildman–Crippen MR) is 286 cm³/mol. The number of aromatic hydroxyl groups is 1. The van der Waals surface area contributed by atoms with Crippen molar-refractivity contribution in [2.24, 2.45) is 4.99 Å². The third-order valence-electron chi connectivity index (χ3n) is 13.1. The Bertz CT molecular complexity index is 3770. The zero-order valence-corrected chi connectivity index (χ0v) is 44.8. The van der Waals surface area contributed by atoms with E-state index in [9.17, 15) is 19.5 Å².